The zero-order chi connectivity index (χ0) is 11.9. The van der Waals surface area contributed by atoms with Crippen molar-refractivity contribution in [1.29, 1.82) is 0 Å². The summed E-state index contributed by atoms with van der Waals surface area (Å²) in [4.78, 5) is 0. The van der Waals surface area contributed by atoms with Crippen LogP contribution in [0.1, 0.15) is 24.8 Å². The molecule has 1 aliphatic heterocycles. The van der Waals surface area contributed by atoms with Crippen LogP contribution in [0.25, 0.3) is 0 Å². The smallest absolute Gasteiger partial charge is 0.0794 e. The second-order valence-electron chi connectivity index (χ2n) is 4.51. The first kappa shape index (κ1) is 12.1. The van der Waals surface area contributed by atoms with Gasteiger partial charge < -0.3 is 4.74 Å². The Morgan fingerprint density at radius 3 is 2.88 bits per heavy atom. The first-order chi connectivity index (χ1) is 8.38. The normalized spacial score (nSPS) is 23.5. The lowest BCUT2D eigenvalue weighted by molar-refractivity contribution is 0.00369. The molecule has 1 heterocycles. The van der Waals surface area contributed by atoms with E-state index in [0.29, 0.717) is 6.10 Å². The van der Waals surface area contributed by atoms with Gasteiger partial charge in [-0.3, -0.25) is 0 Å². The SMILES string of the molecule is C=CC[C@@H]1C=CC[C@@H](CCc2ccccc2)O1. The summed E-state index contributed by atoms with van der Waals surface area (Å²) in [5.74, 6) is 0. The fourth-order valence-electron chi connectivity index (χ4n) is 2.19. The molecule has 0 saturated carbocycles. The Hall–Kier alpha value is -1.34. The molecule has 1 nitrogen and oxygen atoms in total. The van der Waals surface area contributed by atoms with Gasteiger partial charge in [-0.25, -0.2) is 0 Å². The molecule has 0 amide bonds. The Labute approximate surface area is 104 Å². The van der Waals surface area contributed by atoms with Crippen molar-refractivity contribution in [3.63, 3.8) is 0 Å². The van der Waals surface area contributed by atoms with Gasteiger partial charge in [0.25, 0.3) is 0 Å². The summed E-state index contributed by atoms with van der Waals surface area (Å²) in [6.45, 7) is 3.76. The summed E-state index contributed by atoms with van der Waals surface area (Å²) in [6.07, 6.45) is 11.1. The molecule has 0 N–H and O–H groups in total. The van der Waals surface area contributed by atoms with Gasteiger partial charge in [0, 0.05) is 0 Å². The molecule has 0 radical (unpaired) electrons. The van der Waals surface area contributed by atoms with E-state index in [0.717, 1.165) is 25.7 Å². The lowest BCUT2D eigenvalue weighted by atomic mass is 10.0. The molecule has 0 spiro atoms. The number of ether oxygens (including phenoxy) is 1. The molecule has 1 aliphatic rings. The van der Waals surface area contributed by atoms with Crippen molar-refractivity contribution in [3.8, 4) is 0 Å². The fraction of sp³-hybridized carbons (Fsp3) is 0.375. The van der Waals surface area contributed by atoms with Crippen molar-refractivity contribution < 1.29 is 4.74 Å². The molecule has 0 bridgehead atoms. The van der Waals surface area contributed by atoms with Crippen LogP contribution in [0.2, 0.25) is 0 Å². The van der Waals surface area contributed by atoms with Crippen LogP contribution < -0.4 is 0 Å². The highest BCUT2D eigenvalue weighted by Crippen LogP contribution is 2.19. The summed E-state index contributed by atoms with van der Waals surface area (Å²) >= 11 is 0. The lowest BCUT2D eigenvalue weighted by Crippen LogP contribution is -2.24. The quantitative estimate of drug-likeness (QED) is 0.694. The maximum Gasteiger partial charge on any atom is 0.0794 e. The number of benzene rings is 1. The van der Waals surface area contributed by atoms with Gasteiger partial charge in [-0.05, 0) is 31.2 Å². The molecule has 1 heteroatoms. The molecule has 0 aliphatic carbocycles. The van der Waals surface area contributed by atoms with E-state index in [9.17, 15) is 0 Å². The van der Waals surface area contributed by atoms with Crippen LogP contribution in [0.4, 0.5) is 0 Å². The molecule has 2 rings (SSSR count). The Kier molecular flexibility index (Phi) is 4.57. The summed E-state index contributed by atoms with van der Waals surface area (Å²) in [5, 5.41) is 0. The summed E-state index contributed by atoms with van der Waals surface area (Å²) in [5.41, 5.74) is 1.39. The van der Waals surface area contributed by atoms with E-state index in [1.54, 1.807) is 0 Å². The van der Waals surface area contributed by atoms with E-state index >= 15 is 0 Å². The number of aryl methyl sites for hydroxylation is 1. The van der Waals surface area contributed by atoms with E-state index in [4.69, 9.17) is 4.74 Å². The van der Waals surface area contributed by atoms with Crippen molar-refractivity contribution in [2.45, 2.75) is 37.9 Å². The van der Waals surface area contributed by atoms with E-state index in [1.807, 2.05) is 6.08 Å². The fourth-order valence-corrected chi connectivity index (χ4v) is 2.19. The largest absolute Gasteiger partial charge is 0.370 e. The number of hydrogen-bond acceptors (Lipinski definition) is 1. The zero-order valence-electron chi connectivity index (χ0n) is 10.2. The third-order valence-electron chi connectivity index (χ3n) is 3.11. The predicted molar refractivity (Wildman–Crippen MR) is 72.0 cm³/mol. The third-order valence-corrected chi connectivity index (χ3v) is 3.11. The van der Waals surface area contributed by atoms with Crippen LogP contribution in [0.5, 0.6) is 0 Å². The molecule has 90 valence electrons. The van der Waals surface area contributed by atoms with Gasteiger partial charge in [-0.15, -0.1) is 6.58 Å². The van der Waals surface area contributed by atoms with Gasteiger partial charge >= 0.3 is 0 Å². The van der Waals surface area contributed by atoms with Gasteiger partial charge in [-0.2, -0.15) is 0 Å². The van der Waals surface area contributed by atoms with Crippen molar-refractivity contribution in [1.82, 2.24) is 0 Å². The Morgan fingerprint density at radius 2 is 2.12 bits per heavy atom. The molecule has 2 atom stereocenters. The highest BCUT2D eigenvalue weighted by Gasteiger charge is 2.16. The number of hydrogen-bond donors (Lipinski definition) is 0. The van der Waals surface area contributed by atoms with Gasteiger partial charge in [0.1, 0.15) is 0 Å². The monoisotopic (exact) mass is 228 g/mol. The lowest BCUT2D eigenvalue weighted by Gasteiger charge is -2.25. The molecule has 0 saturated heterocycles. The van der Waals surface area contributed by atoms with E-state index < -0.39 is 0 Å². The van der Waals surface area contributed by atoms with Crippen molar-refractivity contribution in [2.24, 2.45) is 0 Å². The third kappa shape index (κ3) is 3.86. The van der Waals surface area contributed by atoms with Crippen LogP contribution in [-0.4, -0.2) is 12.2 Å². The van der Waals surface area contributed by atoms with E-state index in [1.165, 1.54) is 5.56 Å². The Bertz CT molecular complexity index is 366. The molecule has 1 aromatic carbocycles. The average molecular weight is 228 g/mol. The molecule has 1 aromatic rings. The van der Waals surface area contributed by atoms with Gasteiger partial charge in [0.2, 0.25) is 0 Å². The molecular weight excluding hydrogens is 208 g/mol. The highest BCUT2D eigenvalue weighted by atomic mass is 16.5. The molecule has 0 fully saturated rings. The minimum absolute atomic E-state index is 0.238. The van der Waals surface area contributed by atoms with Crippen LogP contribution in [0.3, 0.4) is 0 Å². The average Bonchev–Trinajstić information content (AvgIpc) is 2.39. The Balaban J connectivity index is 1.80. The van der Waals surface area contributed by atoms with Crippen molar-refractivity contribution in [3.05, 3.63) is 60.7 Å². The van der Waals surface area contributed by atoms with Crippen LogP contribution in [-0.2, 0) is 11.2 Å². The summed E-state index contributed by atoms with van der Waals surface area (Å²) < 4.78 is 5.99. The zero-order valence-corrected chi connectivity index (χ0v) is 10.2. The standard InChI is InChI=1S/C16H20O/c1-2-7-15-10-6-11-16(17-15)13-12-14-8-4-3-5-9-14/h2-6,8-10,15-16H,1,7,11-13H2/t15-,16+/m1/s1. The van der Waals surface area contributed by atoms with Crippen molar-refractivity contribution >= 4 is 0 Å². The molecule has 0 unspecified atom stereocenters. The van der Waals surface area contributed by atoms with Crippen LogP contribution in [0.15, 0.2) is 55.1 Å². The minimum atomic E-state index is 0.238. The molecule has 0 aromatic heterocycles. The van der Waals surface area contributed by atoms with E-state index in [-0.39, 0.29) is 6.10 Å². The van der Waals surface area contributed by atoms with Gasteiger partial charge in [0.15, 0.2) is 0 Å². The number of rotatable bonds is 5. The first-order valence-electron chi connectivity index (χ1n) is 6.35. The van der Waals surface area contributed by atoms with Crippen LogP contribution >= 0.6 is 0 Å². The highest BCUT2D eigenvalue weighted by molar-refractivity contribution is 5.14. The molecule has 17 heavy (non-hydrogen) atoms. The van der Waals surface area contributed by atoms with Crippen molar-refractivity contribution in [2.75, 3.05) is 0 Å². The molecular formula is C16H20O. The predicted octanol–water partition coefficient (Wildman–Crippen LogP) is 3.91. The minimum Gasteiger partial charge on any atom is -0.370 e. The second-order valence-corrected chi connectivity index (χ2v) is 4.51. The second kappa shape index (κ2) is 6.41. The first-order valence-corrected chi connectivity index (χ1v) is 6.35. The van der Waals surface area contributed by atoms with E-state index in [2.05, 4.69) is 49.1 Å². The Morgan fingerprint density at radius 1 is 1.29 bits per heavy atom. The maximum absolute atomic E-state index is 5.99. The summed E-state index contributed by atoms with van der Waals surface area (Å²) in [6, 6.07) is 10.6. The van der Waals surface area contributed by atoms with Gasteiger partial charge in [0.05, 0.1) is 12.2 Å². The maximum atomic E-state index is 5.99. The topological polar surface area (TPSA) is 9.23 Å². The summed E-state index contributed by atoms with van der Waals surface area (Å²) in [7, 11) is 0. The van der Waals surface area contributed by atoms with Gasteiger partial charge in [-0.1, -0.05) is 48.6 Å². The van der Waals surface area contributed by atoms with Crippen LogP contribution in [0, 0.1) is 0 Å².